The lowest BCUT2D eigenvalue weighted by atomic mass is 10.0. The molecular formula is C22H33N3O3S. The molecule has 0 aliphatic rings. The summed E-state index contributed by atoms with van der Waals surface area (Å²) in [6, 6.07) is 10.3. The molecule has 0 spiro atoms. The van der Waals surface area contributed by atoms with E-state index in [1.807, 2.05) is 12.1 Å². The molecule has 1 aromatic heterocycles. The topological polar surface area (TPSA) is 71.5 Å². The molecule has 0 unspecified atom stereocenters. The third kappa shape index (κ3) is 7.33. The predicted molar refractivity (Wildman–Crippen MR) is 118 cm³/mol. The summed E-state index contributed by atoms with van der Waals surface area (Å²) >= 11 is 0. The number of ether oxygens (including phenoxy) is 1. The molecule has 6 nitrogen and oxygen atoms in total. The van der Waals surface area contributed by atoms with E-state index in [1.165, 1.54) is 6.20 Å². The number of rotatable bonds is 12. The Morgan fingerprint density at radius 3 is 2.17 bits per heavy atom. The van der Waals surface area contributed by atoms with Gasteiger partial charge >= 0.3 is 0 Å². The highest BCUT2D eigenvalue weighted by Crippen LogP contribution is 2.20. The predicted octanol–water partition coefficient (Wildman–Crippen LogP) is 4.51. The second kappa shape index (κ2) is 11.2. The lowest BCUT2D eigenvalue weighted by Crippen LogP contribution is -2.30. The van der Waals surface area contributed by atoms with Crippen LogP contribution in [0.1, 0.15) is 52.0 Å². The molecule has 2 aromatic rings. The number of nitrogens with one attached hydrogen (secondary N) is 1. The first-order chi connectivity index (χ1) is 13.9. The Balaban J connectivity index is 1.92. The maximum atomic E-state index is 12.6. The van der Waals surface area contributed by atoms with Crippen LogP contribution in [-0.2, 0) is 10.0 Å². The van der Waals surface area contributed by atoms with E-state index in [9.17, 15) is 8.42 Å². The number of anilines is 1. The van der Waals surface area contributed by atoms with E-state index < -0.39 is 10.0 Å². The van der Waals surface area contributed by atoms with Crippen LogP contribution in [0.5, 0.6) is 5.88 Å². The fraction of sp³-hybridized carbons (Fsp3) is 0.500. The summed E-state index contributed by atoms with van der Waals surface area (Å²) in [7, 11) is -3.65. The van der Waals surface area contributed by atoms with E-state index in [-0.39, 0.29) is 4.90 Å². The summed E-state index contributed by atoms with van der Waals surface area (Å²) in [5, 5.41) is 0. The maximum Gasteiger partial charge on any atom is 0.261 e. The molecule has 0 amide bonds. The van der Waals surface area contributed by atoms with Crippen LogP contribution in [0, 0.1) is 0 Å². The van der Waals surface area contributed by atoms with E-state index >= 15 is 0 Å². The molecule has 0 bridgehead atoms. The van der Waals surface area contributed by atoms with Crippen molar-refractivity contribution >= 4 is 15.7 Å². The van der Waals surface area contributed by atoms with Crippen molar-refractivity contribution in [1.82, 2.24) is 9.88 Å². The minimum absolute atomic E-state index is 0.231. The van der Waals surface area contributed by atoms with E-state index in [4.69, 9.17) is 4.74 Å². The summed E-state index contributed by atoms with van der Waals surface area (Å²) in [5.74, 6) is 0.842. The third-order valence-corrected chi connectivity index (χ3v) is 5.98. The Bertz CT molecular complexity index is 829. The zero-order valence-corrected chi connectivity index (χ0v) is 18.7. The van der Waals surface area contributed by atoms with Crippen molar-refractivity contribution in [3.8, 4) is 5.88 Å². The van der Waals surface area contributed by atoms with Crippen molar-refractivity contribution < 1.29 is 13.2 Å². The van der Waals surface area contributed by atoms with Crippen molar-refractivity contribution in [2.24, 2.45) is 0 Å². The largest absolute Gasteiger partial charge is 0.476 e. The fourth-order valence-electron chi connectivity index (χ4n) is 3.02. The summed E-state index contributed by atoms with van der Waals surface area (Å²) in [6.45, 7) is 12.0. The van der Waals surface area contributed by atoms with Crippen molar-refractivity contribution in [2.75, 3.05) is 31.0 Å². The molecule has 0 radical (unpaired) electrons. The number of sulfonamides is 1. The monoisotopic (exact) mass is 419 g/mol. The van der Waals surface area contributed by atoms with Crippen molar-refractivity contribution in [3.63, 3.8) is 0 Å². The van der Waals surface area contributed by atoms with Crippen LogP contribution in [0.15, 0.2) is 47.5 Å². The van der Waals surface area contributed by atoms with E-state index in [1.54, 1.807) is 24.3 Å². The van der Waals surface area contributed by atoms with Crippen LogP contribution in [-0.4, -0.2) is 44.5 Å². The van der Waals surface area contributed by atoms with Crippen LogP contribution < -0.4 is 9.46 Å². The normalized spacial score (nSPS) is 11.8. The van der Waals surface area contributed by atoms with Crippen LogP contribution in [0.4, 0.5) is 5.69 Å². The SMILES string of the molecule is CCCN(CCC)CCOc1ccc(NS(=O)(=O)c2ccc(C(C)C)cc2)cn1. The molecule has 0 fully saturated rings. The van der Waals surface area contributed by atoms with Gasteiger partial charge in [-0.25, -0.2) is 13.4 Å². The molecule has 1 N–H and O–H groups in total. The summed E-state index contributed by atoms with van der Waals surface area (Å²) in [6.07, 6.45) is 3.71. The van der Waals surface area contributed by atoms with Crippen molar-refractivity contribution in [2.45, 2.75) is 51.3 Å². The van der Waals surface area contributed by atoms with Gasteiger partial charge in [-0.05, 0) is 55.6 Å². The van der Waals surface area contributed by atoms with Gasteiger partial charge in [-0.3, -0.25) is 9.62 Å². The molecule has 2 rings (SSSR count). The minimum atomic E-state index is -3.65. The Morgan fingerprint density at radius 2 is 1.66 bits per heavy atom. The van der Waals surface area contributed by atoms with Gasteiger partial charge in [0, 0.05) is 12.6 Å². The molecule has 1 heterocycles. The van der Waals surface area contributed by atoms with Crippen LogP contribution in [0.25, 0.3) is 0 Å². The quantitative estimate of drug-likeness (QED) is 0.548. The van der Waals surface area contributed by atoms with Gasteiger partial charge in [0.05, 0.1) is 16.8 Å². The van der Waals surface area contributed by atoms with Crippen molar-refractivity contribution in [3.05, 3.63) is 48.2 Å². The van der Waals surface area contributed by atoms with Crippen molar-refractivity contribution in [1.29, 1.82) is 0 Å². The second-order valence-corrected chi connectivity index (χ2v) is 9.09. The van der Waals surface area contributed by atoms with E-state index in [2.05, 4.69) is 42.3 Å². The molecule has 0 saturated heterocycles. The van der Waals surface area contributed by atoms with Gasteiger partial charge in [-0.2, -0.15) is 0 Å². The zero-order chi connectivity index (χ0) is 21.3. The molecule has 1 aromatic carbocycles. The Kier molecular flexibility index (Phi) is 8.92. The average Bonchev–Trinajstić information content (AvgIpc) is 2.69. The van der Waals surface area contributed by atoms with E-state index in [0.717, 1.165) is 38.0 Å². The molecule has 29 heavy (non-hydrogen) atoms. The first kappa shape index (κ1) is 23.2. The van der Waals surface area contributed by atoms with Gasteiger partial charge < -0.3 is 4.74 Å². The maximum absolute atomic E-state index is 12.6. The van der Waals surface area contributed by atoms with Gasteiger partial charge in [-0.15, -0.1) is 0 Å². The molecule has 160 valence electrons. The summed E-state index contributed by atoms with van der Waals surface area (Å²) in [4.78, 5) is 6.81. The first-order valence-corrected chi connectivity index (χ1v) is 11.8. The highest BCUT2D eigenvalue weighted by molar-refractivity contribution is 7.92. The second-order valence-electron chi connectivity index (χ2n) is 7.40. The average molecular weight is 420 g/mol. The number of benzene rings is 1. The third-order valence-electron chi connectivity index (χ3n) is 4.58. The van der Waals surface area contributed by atoms with Gasteiger partial charge in [0.2, 0.25) is 5.88 Å². The van der Waals surface area contributed by atoms with Crippen LogP contribution in [0.2, 0.25) is 0 Å². The molecular weight excluding hydrogens is 386 g/mol. The number of hydrogen-bond donors (Lipinski definition) is 1. The summed E-state index contributed by atoms with van der Waals surface area (Å²) in [5.41, 5.74) is 1.51. The van der Waals surface area contributed by atoms with E-state index in [0.29, 0.717) is 24.1 Å². The minimum Gasteiger partial charge on any atom is -0.476 e. The van der Waals surface area contributed by atoms with Crippen LogP contribution >= 0.6 is 0 Å². The van der Waals surface area contributed by atoms with Gasteiger partial charge in [-0.1, -0.05) is 39.8 Å². The molecule has 0 saturated carbocycles. The molecule has 0 aliphatic carbocycles. The first-order valence-electron chi connectivity index (χ1n) is 10.3. The fourth-order valence-corrected chi connectivity index (χ4v) is 4.06. The number of hydrogen-bond acceptors (Lipinski definition) is 5. The summed E-state index contributed by atoms with van der Waals surface area (Å²) < 4.78 is 33.4. The highest BCUT2D eigenvalue weighted by Gasteiger charge is 2.15. The Morgan fingerprint density at radius 1 is 1.00 bits per heavy atom. The van der Waals surface area contributed by atoms with Gasteiger partial charge in [0.1, 0.15) is 6.61 Å². The van der Waals surface area contributed by atoms with Gasteiger partial charge in [0.25, 0.3) is 10.0 Å². The smallest absolute Gasteiger partial charge is 0.261 e. The molecule has 0 atom stereocenters. The number of aromatic nitrogens is 1. The molecule has 0 aliphatic heterocycles. The standard InChI is InChI=1S/C22H33N3O3S/c1-5-13-25(14-6-2)15-16-28-22-12-9-20(17-23-22)24-29(26,27)21-10-7-19(8-11-21)18(3)4/h7-12,17-18,24H,5-6,13-16H2,1-4H3. The Hall–Kier alpha value is -2.12. The lowest BCUT2D eigenvalue weighted by Gasteiger charge is -2.20. The van der Waals surface area contributed by atoms with Gasteiger partial charge in [0.15, 0.2) is 0 Å². The number of pyridine rings is 1. The molecule has 7 heteroatoms. The number of nitrogens with zero attached hydrogens (tertiary/aromatic N) is 2. The zero-order valence-electron chi connectivity index (χ0n) is 17.9. The Labute approximate surface area is 175 Å². The lowest BCUT2D eigenvalue weighted by molar-refractivity contribution is 0.205. The van der Waals surface area contributed by atoms with Crippen LogP contribution in [0.3, 0.4) is 0 Å². The highest BCUT2D eigenvalue weighted by atomic mass is 32.2.